The van der Waals surface area contributed by atoms with Crippen molar-refractivity contribution >= 4 is 27.5 Å². The molecular formula is C34H43N3O6S. The minimum Gasteiger partial charge on any atom is -0.497 e. The minimum atomic E-state index is -3.86. The van der Waals surface area contributed by atoms with Crippen LogP contribution < -0.4 is 19.1 Å². The summed E-state index contributed by atoms with van der Waals surface area (Å²) in [6, 6.07) is 22.6. The Hall–Kier alpha value is -4.05. The van der Waals surface area contributed by atoms with Gasteiger partial charge in [0.15, 0.2) is 0 Å². The monoisotopic (exact) mass is 621 g/mol. The predicted molar refractivity (Wildman–Crippen MR) is 172 cm³/mol. The number of rotatable bonds is 14. The van der Waals surface area contributed by atoms with Crippen molar-refractivity contribution in [2.45, 2.75) is 64.1 Å². The highest BCUT2D eigenvalue weighted by Crippen LogP contribution is 2.24. The van der Waals surface area contributed by atoms with Gasteiger partial charge < -0.3 is 19.7 Å². The van der Waals surface area contributed by atoms with E-state index in [1.54, 1.807) is 31.4 Å². The molecule has 1 aliphatic carbocycles. The predicted octanol–water partition coefficient (Wildman–Crippen LogP) is 4.95. The second kappa shape index (κ2) is 15.6. The van der Waals surface area contributed by atoms with Gasteiger partial charge in [0.2, 0.25) is 21.8 Å². The summed E-state index contributed by atoms with van der Waals surface area (Å²) in [6.45, 7) is 1.95. The average Bonchev–Trinajstić information content (AvgIpc) is 3.02. The van der Waals surface area contributed by atoms with Gasteiger partial charge in [-0.25, -0.2) is 8.42 Å². The minimum absolute atomic E-state index is 0.0414. The number of sulfonamides is 1. The fourth-order valence-electron chi connectivity index (χ4n) is 5.55. The molecule has 3 aromatic rings. The van der Waals surface area contributed by atoms with Gasteiger partial charge in [-0.3, -0.25) is 13.9 Å². The Morgan fingerprint density at radius 1 is 0.909 bits per heavy atom. The molecule has 9 nitrogen and oxygen atoms in total. The van der Waals surface area contributed by atoms with Crippen molar-refractivity contribution in [3.8, 4) is 11.5 Å². The molecule has 10 heteroatoms. The van der Waals surface area contributed by atoms with Gasteiger partial charge in [0.1, 0.15) is 24.1 Å². The van der Waals surface area contributed by atoms with Crippen LogP contribution in [0.4, 0.5) is 5.69 Å². The van der Waals surface area contributed by atoms with Crippen LogP contribution in [0.3, 0.4) is 0 Å². The number of carbonyl (C=O) groups excluding carboxylic acids is 2. The third-order valence-corrected chi connectivity index (χ3v) is 8.97. The number of carbonyl (C=O) groups is 2. The zero-order valence-electron chi connectivity index (χ0n) is 25.8. The molecule has 4 rings (SSSR count). The second-order valence-corrected chi connectivity index (χ2v) is 13.0. The summed E-state index contributed by atoms with van der Waals surface area (Å²) in [6.07, 6.45) is 6.38. The van der Waals surface area contributed by atoms with Crippen molar-refractivity contribution in [3.05, 3.63) is 90.0 Å². The topological polar surface area (TPSA) is 105 Å². The van der Waals surface area contributed by atoms with Gasteiger partial charge in [-0.1, -0.05) is 61.7 Å². The smallest absolute Gasteiger partial charge is 0.244 e. The summed E-state index contributed by atoms with van der Waals surface area (Å²) in [5.74, 6) is 0.474. The van der Waals surface area contributed by atoms with Gasteiger partial charge in [-0.15, -0.1) is 0 Å². The Labute approximate surface area is 261 Å². The maximum Gasteiger partial charge on any atom is 0.244 e. The summed E-state index contributed by atoms with van der Waals surface area (Å²) < 4.78 is 38.1. The van der Waals surface area contributed by atoms with E-state index in [1.165, 1.54) is 4.90 Å². The molecule has 2 amide bonds. The molecule has 1 atom stereocenters. The van der Waals surface area contributed by atoms with Crippen LogP contribution in [0.25, 0.3) is 0 Å². The third-order valence-electron chi connectivity index (χ3n) is 7.82. The quantitative estimate of drug-likeness (QED) is 0.273. The van der Waals surface area contributed by atoms with E-state index in [0.29, 0.717) is 23.8 Å². The van der Waals surface area contributed by atoms with E-state index in [4.69, 9.17) is 9.47 Å². The van der Waals surface area contributed by atoms with Gasteiger partial charge in [0.05, 0.1) is 25.7 Å². The van der Waals surface area contributed by atoms with Crippen molar-refractivity contribution in [2.75, 3.05) is 30.8 Å². The standard InChI is InChI=1S/C34H43N3O6S/c1-4-43-30-20-18-29(19-21-30)37(44(3,40)41)25-33(38)36(24-27-14-11-17-31(22-27)42-2)32(23-26-12-7-5-8-13-26)34(39)35-28-15-9-6-10-16-28/h5,7-8,11-14,17-22,28,32H,4,6,9-10,15-16,23-25H2,1-3H3,(H,35,39)/t32-/m1/s1. The van der Waals surface area contributed by atoms with E-state index < -0.39 is 28.5 Å². The van der Waals surface area contributed by atoms with Crippen LogP contribution in [0.1, 0.15) is 50.2 Å². The van der Waals surface area contributed by atoms with E-state index in [0.717, 1.165) is 53.8 Å². The zero-order valence-corrected chi connectivity index (χ0v) is 26.6. The maximum atomic E-state index is 14.3. The van der Waals surface area contributed by atoms with E-state index >= 15 is 0 Å². The highest BCUT2D eigenvalue weighted by Gasteiger charge is 2.34. The normalized spacial score (nSPS) is 14.3. The molecule has 0 aliphatic heterocycles. The van der Waals surface area contributed by atoms with Crippen molar-refractivity contribution in [1.29, 1.82) is 0 Å². The molecule has 0 unspecified atom stereocenters. The van der Waals surface area contributed by atoms with Gasteiger partial charge >= 0.3 is 0 Å². The Morgan fingerprint density at radius 3 is 2.23 bits per heavy atom. The summed E-state index contributed by atoms with van der Waals surface area (Å²) in [4.78, 5) is 29.9. The number of amides is 2. The largest absolute Gasteiger partial charge is 0.497 e. The molecule has 1 N–H and O–H groups in total. The number of hydrogen-bond donors (Lipinski definition) is 1. The lowest BCUT2D eigenvalue weighted by molar-refractivity contribution is -0.140. The van der Waals surface area contributed by atoms with Gasteiger partial charge in [0.25, 0.3) is 0 Å². The van der Waals surface area contributed by atoms with Crippen LogP contribution in [0, 0.1) is 0 Å². The summed E-state index contributed by atoms with van der Waals surface area (Å²) >= 11 is 0. The van der Waals surface area contributed by atoms with Crippen molar-refractivity contribution in [2.24, 2.45) is 0 Å². The Kier molecular flexibility index (Phi) is 11.7. The first-order valence-corrected chi connectivity index (χ1v) is 17.0. The van der Waals surface area contributed by atoms with E-state index in [9.17, 15) is 18.0 Å². The van der Waals surface area contributed by atoms with Crippen molar-refractivity contribution in [3.63, 3.8) is 0 Å². The lowest BCUT2D eigenvalue weighted by Gasteiger charge is -2.35. The molecule has 0 aromatic heterocycles. The van der Waals surface area contributed by atoms with E-state index in [1.807, 2.05) is 61.5 Å². The Balaban J connectivity index is 1.71. The van der Waals surface area contributed by atoms with Crippen molar-refractivity contribution < 1.29 is 27.5 Å². The first-order chi connectivity index (χ1) is 21.2. The molecule has 0 heterocycles. The fourth-order valence-corrected chi connectivity index (χ4v) is 6.40. The number of benzene rings is 3. The molecular weight excluding hydrogens is 578 g/mol. The van der Waals surface area contributed by atoms with E-state index in [2.05, 4.69) is 5.32 Å². The van der Waals surface area contributed by atoms with Crippen molar-refractivity contribution in [1.82, 2.24) is 10.2 Å². The van der Waals surface area contributed by atoms with Crippen LogP contribution in [0.15, 0.2) is 78.9 Å². The van der Waals surface area contributed by atoms with Crippen LogP contribution in [-0.4, -0.2) is 63.7 Å². The SMILES string of the molecule is CCOc1ccc(N(CC(=O)N(Cc2cccc(OC)c2)[C@H](Cc2ccccc2)C(=O)NC2CCCCC2)S(C)(=O)=O)cc1. The highest BCUT2D eigenvalue weighted by molar-refractivity contribution is 7.92. The molecule has 0 spiro atoms. The van der Waals surface area contributed by atoms with E-state index in [-0.39, 0.29) is 24.9 Å². The molecule has 0 radical (unpaired) electrons. The number of ether oxygens (including phenoxy) is 2. The lowest BCUT2D eigenvalue weighted by Crippen LogP contribution is -2.55. The third kappa shape index (κ3) is 9.22. The highest BCUT2D eigenvalue weighted by atomic mass is 32.2. The van der Waals surface area contributed by atoms with Gasteiger partial charge in [0, 0.05) is 19.0 Å². The fraction of sp³-hybridized carbons (Fsp3) is 0.412. The van der Waals surface area contributed by atoms with Crippen LogP contribution >= 0.6 is 0 Å². The number of hydrogen-bond acceptors (Lipinski definition) is 6. The van der Waals surface area contributed by atoms with Crippen LogP contribution in [0.2, 0.25) is 0 Å². The van der Waals surface area contributed by atoms with Crippen LogP contribution in [-0.2, 0) is 32.6 Å². The molecule has 0 bridgehead atoms. The lowest BCUT2D eigenvalue weighted by atomic mass is 9.94. The molecule has 0 saturated heterocycles. The average molecular weight is 622 g/mol. The second-order valence-electron chi connectivity index (χ2n) is 11.1. The molecule has 1 saturated carbocycles. The molecule has 236 valence electrons. The van der Waals surface area contributed by atoms with Crippen LogP contribution in [0.5, 0.6) is 11.5 Å². The molecule has 44 heavy (non-hydrogen) atoms. The first-order valence-electron chi connectivity index (χ1n) is 15.1. The number of nitrogens with zero attached hydrogens (tertiary/aromatic N) is 2. The summed E-state index contributed by atoms with van der Waals surface area (Å²) in [7, 11) is -2.29. The number of anilines is 1. The molecule has 3 aromatic carbocycles. The Morgan fingerprint density at radius 2 is 1.59 bits per heavy atom. The molecule has 1 fully saturated rings. The number of methoxy groups -OCH3 is 1. The van der Waals surface area contributed by atoms with Gasteiger partial charge in [-0.05, 0) is 67.3 Å². The maximum absolute atomic E-state index is 14.3. The van der Waals surface area contributed by atoms with Gasteiger partial charge in [-0.2, -0.15) is 0 Å². The zero-order chi connectivity index (χ0) is 31.5. The number of nitrogens with one attached hydrogen (secondary N) is 1. The summed E-state index contributed by atoms with van der Waals surface area (Å²) in [5.41, 5.74) is 1.98. The Bertz CT molecular complexity index is 1470. The molecule has 1 aliphatic rings. The summed E-state index contributed by atoms with van der Waals surface area (Å²) in [5, 5.41) is 3.21. The first kappa shape index (κ1) is 32.9.